The molecule has 1 aromatic carbocycles. The molecule has 0 aliphatic rings. The van der Waals surface area contributed by atoms with Crippen molar-refractivity contribution in [3.8, 4) is 5.75 Å². The molecule has 0 spiro atoms. The Hall–Kier alpha value is -1.39. The van der Waals surface area contributed by atoms with Gasteiger partial charge < -0.3 is 9.47 Å². The van der Waals surface area contributed by atoms with Crippen LogP contribution in [0.25, 0.3) is 0 Å². The van der Waals surface area contributed by atoms with E-state index in [9.17, 15) is 4.79 Å². The van der Waals surface area contributed by atoms with Crippen LogP contribution in [0.15, 0.2) is 18.2 Å². The number of carbonyl (C=O) groups is 1. The number of ether oxygens (including phenoxy) is 2. The van der Waals surface area contributed by atoms with Crippen LogP contribution >= 0.6 is 0 Å². The van der Waals surface area contributed by atoms with Crippen molar-refractivity contribution in [1.82, 2.24) is 4.90 Å². The maximum atomic E-state index is 10.8. The van der Waals surface area contributed by atoms with Crippen molar-refractivity contribution in [2.75, 3.05) is 27.3 Å². The number of rotatable bonds is 8. The monoisotopic (exact) mass is 265 g/mol. The predicted octanol–water partition coefficient (Wildman–Crippen LogP) is 2.36. The molecular formula is C15H23NO3. The molecule has 4 heteroatoms. The normalized spacial score (nSPS) is 11.1. The summed E-state index contributed by atoms with van der Waals surface area (Å²) < 4.78 is 10.8. The summed E-state index contributed by atoms with van der Waals surface area (Å²) in [6.45, 7) is 6.32. The van der Waals surface area contributed by atoms with Crippen LogP contribution in [0.4, 0.5) is 0 Å². The van der Waals surface area contributed by atoms with Gasteiger partial charge in [-0.15, -0.1) is 0 Å². The first kappa shape index (κ1) is 15.7. The maximum Gasteiger partial charge on any atom is 0.150 e. The van der Waals surface area contributed by atoms with Crippen molar-refractivity contribution in [3.05, 3.63) is 29.3 Å². The smallest absolute Gasteiger partial charge is 0.150 e. The number of methoxy groups -OCH3 is 1. The molecule has 0 radical (unpaired) electrons. The Bertz CT molecular complexity index is 404. The summed E-state index contributed by atoms with van der Waals surface area (Å²) in [7, 11) is 3.66. The number of likely N-dealkylation sites (N-methyl/N-ethyl adjacent to an activating group) is 1. The van der Waals surface area contributed by atoms with Crippen molar-refractivity contribution < 1.29 is 14.3 Å². The third-order valence-electron chi connectivity index (χ3n) is 2.80. The SMILES string of the molecule is COc1ccc(C=O)cc1CN(C)CCOC(C)C. The van der Waals surface area contributed by atoms with Crippen LogP contribution < -0.4 is 4.74 Å². The standard InChI is InChI=1S/C15H23NO3/c1-12(2)19-8-7-16(3)10-14-9-13(11-17)5-6-15(14)18-4/h5-6,9,11-12H,7-8,10H2,1-4H3. The zero-order chi connectivity index (χ0) is 14.3. The van der Waals surface area contributed by atoms with Gasteiger partial charge in [0, 0.05) is 24.2 Å². The molecule has 0 atom stereocenters. The molecule has 0 aliphatic heterocycles. The molecule has 0 bridgehead atoms. The summed E-state index contributed by atoms with van der Waals surface area (Å²) in [5.41, 5.74) is 1.68. The van der Waals surface area contributed by atoms with Crippen LogP contribution in [0.1, 0.15) is 29.8 Å². The fourth-order valence-electron chi connectivity index (χ4n) is 1.81. The van der Waals surface area contributed by atoms with Gasteiger partial charge in [-0.05, 0) is 39.1 Å². The molecule has 106 valence electrons. The van der Waals surface area contributed by atoms with E-state index in [1.807, 2.05) is 33.0 Å². The van der Waals surface area contributed by atoms with E-state index >= 15 is 0 Å². The summed E-state index contributed by atoms with van der Waals surface area (Å²) >= 11 is 0. The lowest BCUT2D eigenvalue weighted by Crippen LogP contribution is -2.24. The second kappa shape index (κ2) is 7.92. The summed E-state index contributed by atoms with van der Waals surface area (Å²) in [5, 5.41) is 0. The van der Waals surface area contributed by atoms with Crippen LogP contribution in [0.2, 0.25) is 0 Å². The predicted molar refractivity (Wildman–Crippen MR) is 75.8 cm³/mol. The lowest BCUT2D eigenvalue weighted by Gasteiger charge is -2.19. The van der Waals surface area contributed by atoms with Gasteiger partial charge in [-0.3, -0.25) is 9.69 Å². The number of hydrogen-bond donors (Lipinski definition) is 0. The molecule has 0 unspecified atom stereocenters. The van der Waals surface area contributed by atoms with E-state index in [1.165, 1.54) is 0 Å². The fourth-order valence-corrected chi connectivity index (χ4v) is 1.81. The van der Waals surface area contributed by atoms with Gasteiger partial charge in [-0.25, -0.2) is 0 Å². The highest BCUT2D eigenvalue weighted by Gasteiger charge is 2.08. The molecule has 0 heterocycles. The molecule has 0 saturated heterocycles. The zero-order valence-electron chi connectivity index (χ0n) is 12.2. The topological polar surface area (TPSA) is 38.8 Å². The minimum absolute atomic E-state index is 0.251. The van der Waals surface area contributed by atoms with Gasteiger partial charge >= 0.3 is 0 Å². The quantitative estimate of drug-likeness (QED) is 0.676. The van der Waals surface area contributed by atoms with Crippen LogP contribution in [-0.2, 0) is 11.3 Å². The largest absolute Gasteiger partial charge is 0.496 e. The van der Waals surface area contributed by atoms with Gasteiger partial charge in [0.2, 0.25) is 0 Å². The lowest BCUT2D eigenvalue weighted by atomic mass is 10.1. The van der Waals surface area contributed by atoms with Crippen molar-refractivity contribution in [2.24, 2.45) is 0 Å². The molecule has 0 fully saturated rings. The van der Waals surface area contributed by atoms with Gasteiger partial charge in [0.05, 0.1) is 19.8 Å². The molecule has 19 heavy (non-hydrogen) atoms. The second-order valence-corrected chi connectivity index (χ2v) is 4.85. The van der Waals surface area contributed by atoms with Gasteiger partial charge in [0.25, 0.3) is 0 Å². The van der Waals surface area contributed by atoms with Crippen molar-refractivity contribution in [3.63, 3.8) is 0 Å². The Balaban J connectivity index is 2.61. The van der Waals surface area contributed by atoms with E-state index in [0.29, 0.717) is 12.2 Å². The van der Waals surface area contributed by atoms with E-state index in [-0.39, 0.29) is 6.10 Å². The minimum Gasteiger partial charge on any atom is -0.496 e. The molecule has 0 aromatic heterocycles. The van der Waals surface area contributed by atoms with E-state index in [0.717, 1.165) is 30.7 Å². The van der Waals surface area contributed by atoms with Gasteiger partial charge in [0.1, 0.15) is 12.0 Å². The first-order chi connectivity index (χ1) is 9.06. The number of carbonyl (C=O) groups excluding carboxylic acids is 1. The average Bonchev–Trinajstić information content (AvgIpc) is 2.38. The first-order valence-electron chi connectivity index (χ1n) is 6.49. The lowest BCUT2D eigenvalue weighted by molar-refractivity contribution is 0.0625. The number of nitrogens with zero attached hydrogens (tertiary/aromatic N) is 1. The van der Waals surface area contributed by atoms with Crippen molar-refractivity contribution in [1.29, 1.82) is 0 Å². The molecule has 0 aliphatic carbocycles. The van der Waals surface area contributed by atoms with Crippen molar-refractivity contribution in [2.45, 2.75) is 26.5 Å². The van der Waals surface area contributed by atoms with E-state index < -0.39 is 0 Å². The number of aldehydes is 1. The molecule has 1 aromatic rings. The van der Waals surface area contributed by atoms with Crippen molar-refractivity contribution >= 4 is 6.29 Å². The third kappa shape index (κ3) is 5.41. The van der Waals surface area contributed by atoms with Crippen LogP contribution in [0.3, 0.4) is 0 Å². The molecule has 0 saturated carbocycles. The van der Waals surface area contributed by atoms with E-state index in [2.05, 4.69) is 4.90 Å². The Kier molecular flexibility index (Phi) is 6.53. The zero-order valence-corrected chi connectivity index (χ0v) is 12.2. The Morgan fingerprint density at radius 1 is 1.37 bits per heavy atom. The Morgan fingerprint density at radius 2 is 2.11 bits per heavy atom. The van der Waals surface area contributed by atoms with Gasteiger partial charge in [-0.2, -0.15) is 0 Å². The Labute approximate surface area is 115 Å². The number of benzene rings is 1. The molecular weight excluding hydrogens is 242 g/mol. The molecule has 0 amide bonds. The Morgan fingerprint density at radius 3 is 2.68 bits per heavy atom. The molecule has 0 N–H and O–H groups in total. The van der Waals surface area contributed by atoms with Gasteiger partial charge in [0.15, 0.2) is 0 Å². The highest BCUT2D eigenvalue weighted by molar-refractivity contribution is 5.75. The highest BCUT2D eigenvalue weighted by Crippen LogP contribution is 2.20. The molecule has 4 nitrogen and oxygen atoms in total. The summed E-state index contributed by atoms with van der Waals surface area (Å²) in [6.07, 6.45) is 1.10. The van der Waals surface area contributed by atoms with Crippen LogP contribution in [0, 0.1) is 0 Å². The van der Waals surface area contributed by atoms with Gasteiger partial charge in [-0.1, -0.05) is 0 Å². The van der Waals surface area contributed by atoms with Crippen LogP contribution in [0.5, 0.6) is 5.75 Å². The third-order valence-corrected chi connectivity index (χ3v) is 2.80. The first-order valence-corrected chi connectivity index (χ1v) is 6.49. The van der Waals surface area contributed by atoms with Crippen LogP contribution in [-0.4, -0.2) is 44.6 Å². The maximum absolute atomic E-state index is 10.8. The second-order valence-electron chi connectivity index (χ2n) is 4.85. The summed E-state index contributed by atoms with van der Waals surface area (Å²) in [6, 6.07) is 5.46. The average molecular weight is 265 g/mol. The van der Waals surface area contributed by atoms with E-state index in [1.54, 1.807) is 13.2 Å². The fraction of sp³-hybridized carbons (Fsp3) is 0.533. The summed E-state index contributed by atoms with van der Waals surface area (Å²) in [4.78, 5) is 13.0. The van der Waals surface area contributed by atoms with E-state index in [4.69, 9.17) is 9.47 Å². The summed E-state index contributed by atoms with van der Waals surface area (Å²) in [5.74, 6) is 0.808. The number of hydrogen-bond acceptors (Lipinski definition) is 4. The minimum atomic E-state index is 0.251. The molecule has 1 rings (SSSR count). The highest BCUT2D eigenvalue weighted by atomic mass is 16.5.